The fourth-order valence-corrected chi connectivity index (χ4v) is 11.5. The Hall–Kier alpha value is -0.346. The number of rotatable bonds is 3. The molecule has 0 aliphatic rings. The summed E-state index contributed by atoms with van der Waals surface area (Å²) < 4.78 is 0. The van der Waals surface area contributed by atoms with Gasteiger partial charge in [-0.15, -0.1) is 0 Å². The minimum atomic E-state index is -1.07. The summed E-state index contributed by atoms with van der Waals surface area (Å²) in [4.78, 5) is 0. The van der Waals surface area contributed by atoms with E-state index in [0.29, 0.717) is 0 Å². The second-order valence-corrected chi connectivity index (χ2v) is 14.4. The van der Waals surface area contributed by atoms with Crippen molar-refractivity contribution in [1.82, 2.24) is 0 Å². The molecule has 83 valence electrons. The summed E-state index contributed by atoms with van der Waals surface area (Å²) in [6, 6.07) is 9.12. The molecule has 1 unspecified atom stereocenters. The molecular weight excluding hydrogens is 212 g/mol. The number of hydrogen-bond donors (Lipinski definition) is 0. The average molecular weight is 235 g/mol. The van der Waals surface area contributed by atoms with Crippen LogP contribution >= 0.6 is 0 Å². The SMILES string of the molecule is Cc1cccc(C([Si](C)C)[Si](C)(C)C)c1. The molecule has 0 N–H and O–H groups in total. The molecule has 1 rings (SSSR count). The number of benzene rings is 1. The molecule has 0 fully saturated rings. The molecule has 0 aliphatic carbocycles. The van der Waals surface area contributed by atoms with Gasteiger partial charge in [-0.2, -0.15) is 0 Å². The second-order valence-electron chi connectivity index (χ2n) is 5.79. The van der Waals surface area contributed by atoms with Gasteiger partial charge in [0.15, 0.2) is 0 Å². The van der Waals surface area contributed by atoms with Crippen molar-refractivity contribution < 1.29 is 0 Å². The molecule has 15 heavy (non-hydrogen) atoms. The van der Waals surface area contributed by atoms with Gasteiger partial charge in [-0.25, -0.2) is 0 Å². The van der Waals surface area contributed by atoms with Crippen LogP contribution in [0.4, 0.5) is 0 Å². The van der Waals surface area contributed by atoms with E-state index < -0.39 is 8.07 Å². The van der Waals surface area contributed by atoms with Crippen LogP contribution in [0.1, 0.15) is 16.3 Å². The van der Waals surface area contributed by atoms with Gasteiger partial charge in [-0.05, 0) is 12.1 Å². The molecule has 1 radical (unpaired) electrons. The molecule has 0 saturated carbocycles. The first kappa shape index (κ1) is 12.7. The normalized spacial score (nSPS) is 14.3. The maximum Gasteiger partial charge on any atom is 0.0490 e. The summed E-state index contributed by atoms with van der Waals surface area (Å²) in [6.45, 7) is 14.6. The van der Waals surface area contributed by atoms with Gasteiger partial charge in [0.1, 0.15) is 0 Å². The summed E-state index contributed by atoms with van der Waals surface area (Å²) in [5, 5.41) is 0.877. The van der Waals surface area contributed by atoms with Crippen LogP contribution in [0.5, 0.6) is 0 Å². The molecule has 2 heteroatoms. The Bertz CT molecular complexity index is 324. The molecule has 0 bridgehead atoms. The smallest absolute Gasteiger partial charge is 0.0490 e. The molecule has 0 aliphatic heterocycles. The molecule has 0 aromatic heterocycles. The van der Waals surface area contributed by atoms with Crippen LogP contribution < -0.4 is 0 Å². The van der Waals surface area contributed by atoms with Crippen LogP contribution in [-0.2, 0) is 0 Å². The first-order valence-electron chi connectivity index (χ1n) is 5.69. The zero-order valence-electron chi connectivity index (χ0n) is 10.9. The van der Waals surface area contributed by atoms with Gasteiger partial charge in [0.25, 0.3) is 0 Å². The van der Waals surface area contributed by atoms with Gasteiger partial charge >= 0.3 is 0 Å². The van der Waals surface area contributed by atoms with Crippen molar-refractivity contribution in [2.24, 2.45) is 0 Å². The monoisotopic (exact) mass is 235 g/mol. The van der Waals surface area contributed by atoms with E-state index in [1.807, 2.05) is 0 Å². The summed E-state index contributed by atoms with van der Waals surface area (Å²) in [6.07, 6.45) is 0. The standard InChI is InChI=1S/C13H23Si2/c1-11-8-7-9-12(10-11)13(14(2)3)15(4,5)6/h7-10,13H,1-6H3. The first-order valence-corrected chi connectivity index (χ1v) is 11.8. The minimum Gasteiger partial charge on any atom is -0.0710 e. The molecule has 1 aromatic rings. The van der Waals surface area contributed by atoms with Crippen molar-refractivity contribution in [3.05, 3.63) is 35.4 Å². The van der Waals surface area contributed by atoms with Gasteiger partial charge in [0.2, 0.25) is 0 Å². The van der Waals surface area contributed by atoms with Gasteiger partial charge in [-0.3, -0.25) is 0 Å². The van der Waals surface area contributed by atoms with E-state index in [2.05, 4.69) is 63.9 Å². The van der Waals surface area contributed by atoms with Crippen molar-refractivity contribution in [2.45, 2.75) is 44.8 Å². The molecule has 0 heterocycles. The molecular formula is C13H23Si2. The number of hydrogen-bond acceptors (Lipinski definition) is 0. The van der Waals surface area contributed by atoms with E-state index >= 15 is 0 Å². The van der Waals surface area contributed by atoms with Crippen LogP contribution in [0, 0.1) is 6.92 Å². The highest BCUT2D eigenvalue weighted by Crippen LogP contribution is 2.29. The summed E-state index contributed by atoms with van der Waals surface area (Å²) in [5.74, 6) is 0. The summed E-state index contributed by atoms with van der Waals surface area (Å²) >= 11 is 0. The van der Waals surface area contributed by atoms with Gasteiger partial charge < -0.3 is 0 Å². The molecule has 0 amide bonds. The van der Waals surface area contributed by atoms with E-state index in [1.54, 1.807) is 5.56 Å². The first-order chi connectivity index (χ1) is 6.82. The molecule has 0 nitrogen and oxygen atoms in total. The van der Waals surface area contributed by atoms with Gasteiger partial charge in [-0.1, -0.05) is 68.1 Å². The molecule has 1 atom stereocenters. The Labute approximate surface area is 97.3 Å². The van der Waals surface area contributed by atoms with Crippen molar-refractivity contribution in [2.75, 3.05) is 0 Å². The third-order valence-electron chi connectivity index (χ3n) is 2.82. The van der Waals surface area contributed by atoms with Gasteiger partial charge in [0, 0.05) is 16.9 Å². The largest absolute Gasteiger partial charge is 0.0710 e. The fourth-order valence-electron chi connectivity index (χ4n) is 2.55. The molecule has 0 saturated heterocycles. The van der Waals surface area contributed by atoms with Crippen LogP contribution in [0.3, 0.4) is 0 Å². The Morgan fingerprint density at radius 1 is 1.13 bits per heavy atom. The third kappa shape index (κ3) is 3.31. The predicted octanol–water partition coefficient (Wildman–Crippen LogP) is 4.25. The Balaban J connectivity index is 3.11. The maximum absolute atomic E-state index is 2.50. The fraction of sp³-hybridized carbons (Fsp3) is 0.538. The van der Waals surface area contributed by atoms with E-state index in [9.17, 15) is 0 Å². The Morgan fingerprint density at radius 3 is 2.13 bits per heavy atom. The number of aryl methyl sites for hydroxylation is 1. The van der Waals surface area contributed by atoms with Crippen molar-refractivity contribution in [3.63, 3.8) is 0 Å². The maximum atomic E-state index is 2.50. The van der Waals surface area contributed by atoms with E-state index in [0.717, 1.165) is 5.16 Å². The molecule has 1 aromatic carbocycles. The lowest BCUT2D eigenvalue weighted by Gasteiger charge is -2.32. The molecule has 0 spiro atoms. The lowest BCUT2D eigenvalue weighted by molar-refractivity contribution is 1.20. The lowest BCUT2D eigenvalue weighted by Crippen LogP contribution is -2.39. The zero-order valence-corrected chi connectivity index (χ0v) is 12.9. The quantitative estimate of drug-likeness (QED) is 0.687. The van der Waals surface area contributed by atoms with E-state index in [1.165, 1.54) is 5.56 Å². The highest BCUT2D eigenvalue weighted by Gasteiger charge is 2.31. The second kappa shape index (κ2) is 4.66. The van der Waals surface area contributed by atoms with Crippen molar-refractivity contribution >= 4 is 16.9 Å². The Morgan fingerprint density at radius 2 is 1.73 bits per heavy atom. The minimum absolute atomic E-state index is 0.237. The highest BCUT2D eigenvalue weighted by atomic mass is 28.4. The summed E-state index contributed by atoms with van der Waals surface area (Å²) in [7, 11) is -1.31. The van der Waals surface area contributed by atoms with Crippen LogP contribution in [-0.4, -0.2) is 16.9 Å². The van der Waals surface area contributed by atoms with Crippen LogP contribution in [0.2, 0.25) is 32.7 Å². The van der Waals surface area contributed by atoms with Crippen molar-refractivity contribution in [1.29, 1.82) is 0 Å². The van der Waals surface area contributed by atoms with Gasteiger partial charge in [0.05, 0.1) is 0 Å². The zero-order chi connectivity index (χ0) is 11.6. The average Bonchev–Trinajstić information content (AvgIpc) is 1.99. The van der Waals surface area contributed by atoms with Crippen LogP contribution in [0.15, 0.2) is 24.3 Å². The van der Waals surface area contributed by atoms with Crippen molar-refractivity contribution in [3.8, 4) is 0 Å². The van der Waals surface area contributed by atoms with E-state index in [-0.39, 0.29) is 8.80 Å². The summed E-state index contributed by atoms with van der Waals surface area (Å²) in [5.41, 5.74) is 2.99. The lowest BCUT2D eigenvalue weighted by atomic mass is 10.2. The van der Waals surface area contributed by atoms with E-state index in [4.69, 9.17) is 0 Å². The highest BCUT2D eigenvalue weighted by molar-refractivity contribution is 6.89. The predicted molar refractivity (Wildman–Crippen MR) is 74.7 cm³/mol. The van der Waals surface area contributed by atoms with Crippen LogP contribution in [0.25, 0.3) is 0 Å². The third-order valence-corrected chi connectivity index (χ3v) is 10.7. The Kier molecular flexibility index (Phi) is 3.95. The topological polar surface area (TPSA) is 0 Å².